The molecule has 0 radical (unpaired) electrons. The molecule has 4 heteroatoms. The van der Waals surface area contributed by atoms with Crippen LogP contribution in [0, 0.1) is 5.92 Å². The van der Waals surface area contributed by atoms with E-state index in [9.17, 15) is 4.79 Å². The van der Waals surface area contributed by atoms with Crippen molar-refractivity contribution in [3.63, 3.8) is 0 Å². The third-order valence-electron chi connectivity index (χ3n) is 3.91. The molecule has 2 rings (SSSR count). The summed E-state index contributed by atoms with van der Waals surface area (Å²) in [6.45, 7) is 6.61. The summed E-state index contributed by atoms with van der Waals surface area (Å²) in [7, 11) is 0. The summed E-state index contributed by atoms with van der Waals surface area (Å²) in [6, 6.07) is 0.261. The molecule has 0 aromatic heterocycles. The molecule has 2 aliphatic heterocycles. The number of hydrogen-bond donors (Lipinski definition) is 1. The van der Waals surface area contributed by atoms with Gasteiger partial charge in [-0.1, -0.05) is 6.92 Å². The van der Waals surface area contributed by atoms with E-state index in [1.807, 2.05) is 4.90 Å². The second kappa shape index (κ2) is 5.83. The third-order valence-corrected chi connectivity index (χ3v) is 3.91. The molecule has 17 heavy (non-hydrogen) atoms. The first-order valence-electron chi connectivity index (χ1n) is 6.91. The zero-order valence-electron chi connectivity index (χ0n) is 10.9. The second-order valence-corrected chi connectivity index (χ2v) is 5.72. The van der Waals surface area contributed by atoms with E-state index in [-0.39, 0.29) is 6.04 Å². The molecule has 4 nitrogen and oxygen atoms in total. The zero-order chi connectivity index (χ0) is 12.3. The Morgan fingerprint density at radius 3 is 2.71 bits per heavy atom. The van der Waals surface area contributed by atoms with Gasteiger partial charge in [0.1, 0.15) is 0 Å². The van der Waals surface area contributed by atoms with Crippen LogP contribution < -0.4 is 5.73 Å². The van der Waals surface area contributed by atoms with E-state index >= 15 is 0 Å². The normalized spacial score (nSPS) is 31.5. The van der Waals surface area contributed by atoms with E-state index < -0.39 is 0 Å². The van der Waals surface area contributed by atoms with Gasteiger partial charge in [-0.05, 0) is 38.1 Å². The molecular formula is C13H25N3O. The maximum Gasteiger partial charge on any atom is 0.236 e. The topological polar surface area (TPSA) is 49.6 Å². The van der Waals surface area contributed by atoms with Gasteiger partial charge in [0, 0.05) is 25.7 Å². The average Bonchev–Trinajstić information content (AvgIpc) is 2.29. The van der Waals surface area contributed by atoms with E-state index in [4.69, 9.17) is 5.73 Å². The number of hydrogen-bond acceptors (Lipinski definition) is 3. The number of nitrogens with two attached hydrogens (primary N) is 1. The van der Waals surface area contributed by atoms with Gasteiger partial charge in [-0.15, -0.1) is 0 Å². The average molecular weight is 239 g/mol. The van der Waals surface area contributed by atoms with Crippen molar-refractivity contribution in [3.8, 4) is 0 Å². The van der Waals surface area contributed by atoms with Crippen LogP contribution in [-0.4, -0.2) is 54.5 Å². The lowest BCUT2D eigenvalue weighted by molar-refractivity contribution is -0.134. The standard InChI is InChI=1S/C13H25N3O/c1-11-4-2-7-16(8-11)13(17)10-15-6-3-5-12(14)9-15/h11-12H,2-10,14H2,1H3. The molecule has 1 amide bonds. The quantitative estimate of drug-likeness (QED) is 0.770. The van der Waals surface area contributed by atoms with Crippen molar-refractivity contribution in [1.29, 1.82) is 0 Å². The van der Waals surface area contributed by atoms with E-state index in [1.54, 1.807) is 0 Å². The van der Waals surface area contributed by atoms with Crippen molar-refractivity contribution in [2.75, 3.05) is 32.7 Å². The highest BCUT2D eigenvalue weighted by molar-refractivity contribution is 5.78. The lowest BCUT2D eigenvalue weighted by atomic mass is 10.00. The van der Waals surface area contributed by atoms with Gasteiger partial charge in [-0.25, -0.2) is 0 Å². The molecule has 2 fully saturated rings. The summed E-state index contributed by atoms with van der Waals surface area (Å²) in [5, 5.41) is 0. The van der Waals surface area contributed by atoms with Gasteiger partial charge in [0.05, 0.1) is 6.54 Å². The summed E-state index contributed by atoms with van der Waals surface area (Å²) in [5.74, 6) is 0.960. The van der Waals surface area contributed by atoms with Gasteiger partial charge in [0.15, 0.2) is 0 Å². The number of amides is 1. The van der Waals surface area contributed by atoms with Gasteiger partial charge in [-0.3, -0.25) is 9.69 Å². The molecule has 98 valence electrons. The molecule has 2 atom stereocenters. The summed E-state index contributed by atoms with van der Waals surface area (Å²) in [5.41, 5.74) is 5.93. The molecule has 2 saturated heterocycles. The Labute approximate surface area is 104 Å². The SMILES string of the molecule is CC1CCCN(C(=O)CN2CCCC(N)C2)C1. The van der Waals surface area contributed by atoms with Crippen LogP contribution >= 0.6 is 0 Å². The van der Waals surface area contributed by atoms with E-state index in [0.29, 0.717) is 18.4 Å². The highest BCUT2D eigenvalue weighted by Gasteiger charge is 2.24. The summed E-state index contributed by atoms with van der Waals surface area (Å²) in [6.07, 6.45) is 4.65. The van der Waals surface area contributed by atoms with E-state index in [1.165, 1.54) is 6.42 Å². The lowest BCUT2D eigenvalue weighted by Gasteiger charge is -2.35. The van der Waals surface area contributed by atoms with Crippen molar-refractivity contribution in [2.24, 2.45) is 11.7 Å². The van der Waals surface area contributed by atoms with Crippen LogP contribution in [0.25, 0.3) is 0 Å². The fourth-order valence-corrected chi connectivity index (χ4v) is 2.94. The maximum atomic E-state index is 12.2. The highest BCUT2D eigenvalue weighted by Crippen LogP contribution is 2.16. The Kier molecular flexibility index (Phi) is 4.40. The van der Waals surface area contributed by atoms with Crippen molar-refractivity contribution >= 4 is 5.91 Å². The Morgan fingerprint density at radius 1 is 1.24 bits per heavy atom. The van der Waals surface area contributed by atoms with Crippen molar-refractivity contribution < 1.29 is 4.79 Å². The fraction of sp³-hybridized carbons (Fsp3) is 0.923. The molecule has 0 spiro atoms. The van der Waals surface area contributed by atoms with Gasteiger partial charge < -0.3 is 10.6 Å². The Bertz CT molecular complexity index is 269. The predicted molar refractivity (Wildman–Crippen MR) is 68.6 cm³/mol. The number of rotatable bonds is 2. The van der Waals surface area contributed by atoms with E-state index in [2.05, 4.69) is 11.8 Å². The minimum absolute atomic E-state index is 0.261. The van der Waals surface area contributed by atoms with Crippen molar-refractivity contribution in [2.45, 2.75) is 38.6 Å². The number of likely N-dealkylation sites (tertiary alicyclic amines) is 2. The molecule has 2 heterocycles. The molecule has 0 aromatic carbocycles. The van der Waals surface area contributed by atoms with Gasteiger partial charge in [0.25, 0.3) is 0 Å². The van der Waals surface area contributed by atoms with Gasteiger partial charge in [-0.2, -0.15) is 0 Å². The Hall–Kier alpha value is -0.610. The molecule has 2 N–H and O–H groups in total. The van der Waals surface area contributed by atoms with E-state index in [0.717, 1.165) is 45.4 Å². The molecule has 0 aromatic rings. The van der Waals surface area contributed by atoms with Gasteiger partial charge >= 0.3 is 0 Å². The van der Waals surface area contributed by atoms with Crippen LogP contribution in [0.4, 0.5) is 0 Å². The molecular weight excluding hydrogens is 214 g/mol. The van der Waals surface area contributed by atoms with Gasteiger partial charge in [0.2, 0.25) is 5.91 Å². The largest absolute Gasteiger partial charge is 0.341 e. The fourth-order valence-electron chi connectivity index (χ4n) is 2.94. The Balaban J connectivity index is 1.79. The summed E-state index contributed by atoms with van der Waals surface area (Å²) >= 11 is 0. The van der Waals surface area contributed by atoms with Crippen LogP contribution in [0.15, 0.2) is 0 Å². The molecule has 0 aliphatic carbocycles. The number of carbonyl (C=O) groups is 1. The smallest absolute Gasteiger partial charge is 0.236 e. The van der Waals surface area contributed by atoms with Crippen LogP contribution in [0.5, 0.6) is 0 Å². The van der Waals surface area contributed by atoms with Crippen LogP contribution in [-0.2, 0) is 4.79 Å². The first kappa shape index (κ1) is 12.8. The minimum atomic E-state index is 0.261. The molecule has 0 saturated carbocycles. The minimum Gasteiger partial charge on any atom is -0.341 e. The summed E-state index contributed by atoms with van der Waals surface area (Å²) < 4.78 is 0. The van der Waals surface area contributed by atoms with Crippen LogP contribution in [0.2, 0.25) is 0 Å². The molecule has 0 bridgehead atoms. The van der Waals surface area contributed by atoms with Crippen LogP contribution in [0.3, 0.4) is 0 Å². The first-order valence-corrected chi connectivity index (χ1v) is 6.91. The predicted octanol–water partition coefficient (Wildman–Crippen LogP) is 0.668. The number of piperidine rings is 2. The van der Waals surface area contributed by atoms with Crippen molar-refractivity contribution in [1.82, 2.24) is 9.80 Å². The zero-order valence-corrected chi connectivity index (χ0v) is 10.9. The Morgan fingerprint density at radius 2 is 2.00 bits per heavy atom. The molecule has 2 aliphatic rings. The second-order valence-electron chi connectivity index (χ2n) is 5.72. The summed E-state index contributed by atoms with van der Waals surface area (Å²) in [4.78, 5) is 16.4. The third kappa shape index (κ3) is 3.68. The number of carbonyl (C=O) groups excluding carboxylic acids is 1. The number of nitrogens with zero attached hydrogens (tertiary/aromatic N) is 2. The monoisotopic (exact) mass is 239 g/mol. The van der Waals surface area contributed by atoms with Crippen molar-refractivity contribution in [3.05, 3.63) is 0 Å². The van der Waals surface area contributed by atoms with Crippen LogP contribution in [0.1, 0.15) is 32.6 Å². The highest BCUT2D eigenvalue weighted by atomic mass is 16.2. The first-order chi connectivity index (χ1) is 8.15. The maximum absolute atomic E-state index is 12.2. The lowest BCUT2D eigenvalue weighted by Crippen LogP contribution is -2.49. The molecule has 2 unspecified atom stereocenters.